The normalized spacial score (nSPS) is 12.0. The topological polar surface area (TPSA) is 299 Å². The van der Waals surface area contributed by atoms with E-state index in [2.05, 4.69) is 55.4 Å². The molecule has 0 heterocycles. The molecule has 0 saturated heterocycles. The zero-order chi connectivity index (χ0) is 91.3. The number of Topliss-reactive ketones (excluding diaryl/α,β-unsaturated/α-hetero) is 1. The van der Waals surface area contributed by atoms with Crippen LogP contribution in [0.4, 0.5) is 0 Å². The van der Waals surface area contributed by atoms with Crippen molar-refractivity contribution in [3.63, 3.8) is 0 Å². The van der Waals surface area contributed by atoms with Crippen molar-refractivity contribution in [1.82, 2.24) is 0 Å². The van der Waals surface area contributed by atoms with Crippen molar-refractivity contribution in [2.75, 3.05) is 122 Å². The number of ketones is 1. The van der Waals surface area contributed by atoms with Crippen LogP contribution in [0, 0.1) is 0 Å². The van der Waals surface area contributed by atoms with Crippen LogP contribution in [0.1, 0.15) is 327 Å². The maximum absolute atomic E-state index is 13.8. The van der Waals surface area contributed by atoms with Gasteiger partial charge in [-0.25, -0.2) is 0 Å². The van der Waals surface area contributed by atoms with E-state index in [-0.39, 0.29) is 127 Å². The van der Waals surface area contributed by atoms with Crippen molar-refractivity contribution in [2.24, 2.45) is 0 Å². The zero-order valence-electron chi connectivity index (χ0n) is 76.6. The number of hydrogen-bond acceptors (Lipinski definition) is 27. The van der Waals surface area contributed by atoms with E-state index in [1.807, 2.05) is 24.3 Å². The SMILES string of the molecule is C=CCCCCCCCCOC(=O)CCC(=O)OCCCCCCCC/C=C/CCCOC(=O)CC(SCCOCCSC(CC(=O)OCCC/C=C/CCCOC(=O)C(CC(=O)OCCCC=C)SCCOCCSCCC(=O)OC)C(=O)CCCC/C=C/CCCCCCCCCOC(=O)CCC(=O)OCCCCCCCCC=C)C(=O)OCCCC=C. The third kappa shape index (κ3) is 85.7. The van der Waals surface area contributed by atoms with Gasteiger partial charge in [-0.15, -0.1) is 61.6 Å². The van der Waals surface area contributed by atoms with Gasteiger partial charge < -0.3 is 56.8 Å². The first kappa shape index (κ1) is 119. The van der Waals surface area contributed by atoms with Crippen LogP contribution in [-0.4, -0.2) is 203 Å². The van der Waals surface area contributed by atoms with Gasteiger partial charge in [0, 0.05) is 35.2 Å². The summed E-state index contributed by atoms with van der Waals surface area (Å²) in [5.74, 6) is -1.47. The molecule has 0 aromatic rings. The standard InChI is InChI=1S/C98H162O23S4/c1-6-10-14-16-18-33-41-51-65-113-90(101)59-61-92(103)115-67-53-43-35-29-25-22-20-21-24-28-32-40-48-58-85(99)86(82-94(105)118-69-56-46-38-39-47-57-72-121-98(109)88(83-95(106)117-64-49-12-8-3)124-80-75-111-73-78-122-77-63-89(100)110-5)123-79-74-112-76-81-125-87(97(108)120-71-50-13-9-4)84-96(107)119-70-55-45-37-31-27-23-26-30-36-44-54-68-116-93(104)62-60-91(102)114-66-52-42-34-19-17-15-11-7-2/h6-9,24,28,31,37-39,86-88H,1-4,10-23,25-27,29-30,32-36,40-84H2,5H3/b28-24+,37-31+,39-38+. The summed E-state index contributed by atoms with van der Waals surface area (Å²) in [6, 6.07) is 0. The lowest BCUT2D eigenvalue weighted by Gasteiger charge is -2.16. The Balaban J connectivity index is 5.16. The quantitative estimate of drug-likeness (QED) is 0.0236. The highest BCUT2D eigenvalue weighted by atomic mass is 32.2. The van der Waals surface area contributed by atoms with Crippen LogP contribution in [0.3, 0.4) is 0 Å². The molecule has 3 unspecified atom stereocenters. The minimum atomic E-state index is -0.789. The fourth-order valence-electron chi connectivity index (χ4n) is 12.3. The minimum absolute atomic E-state index is 0.0215. The van der Waals surface area contributed by atoms with Crippen molar-refractivity contribution in [3.05, 3.63) is 87.1 Å². The smallest absolute Gasteiger partial charge is 0.319 e. The third-order valence-corrected chi connectivity index (χ3v) is 24.1. The zero-order valence-corrected chi connectivity index (χ0v) is 79.9. The Bertz CT molecular complexity index is 2870. The molecule has 0 amide bonds. The average molecular weight is 1840 g/mol. The Morgan fingerprint density at radius 2 is 0.480 bits per heavy atom. The number of unbranched alkanes of at least 4 members (excludes halogenated alkanes) is 32. The maximum Gasteiger partial charge on any atom is 0.319 e. The molecule has 0 aliphatic heterocycles. The highest BCUT2D eigenvalue weighted by Crippen LogP contribution is 2.24. The molecule has 0 N–H and O–H groups in total. The lowest BCUT2D eigenvalue weighted by atomic mass is 10.1. The first-order valence-corrected chi connectivity index (χ1v) is 51.4. The molecule has 0 aromatic carbocycles. The number of rotatable bonds is 95. The second-order valence-corrected chi connectivity index (χ2v) is 35.9. The fraction of sp³-hybridized carbons (Fsp3) is 0.745. The second-order valence-electron chi connectivity index (χ2n) is 30.7. The van der Waals surface area contributed by atoms with Crippen molar-refractivity contribution in [2.45, 2.75) is 343 Å². The molecular weight excluding hydrogens is 1670 g/mol. The van der Waals surface area contributed by atoms with Gasteiger partial charge in [-0.3, -0.25) is 52.7 Å². The molecule has 0 rings (SSSR count). The predicted octanol–water partition coefficient (Wildman–Crippen LogP) is 22.0. The van der Waals surface area contributed by atoms with Crippen molar-refractivity contribution in [3.8, 4) is 0 Å². The Morgan fingerprint density at radius 3 is 0.816 bits per heavy atom. The van der Waals surface area contributed by atoms with E-state index in [1.165, 1.54) is 80.9 Å². The highest BCUT2D eigenvalue weighted by Gasteiger charge is 2.28. The first-order valence-electron chi connectivity index (χ1n) is 47.1. The first-order chi connectivity index (χ1) is 61.1. The van der Waals surface area contributed by atoms with Gasteiger partial charge in [-0.1, -0.05) is 170 Å². The summed E-state index contributed by atoms with van der Waals surface area (Å²) in [4.78, 5) is 139. The molecule has 716 valence electrons. The van der Waals surface area contributed by atoms with Crippen LogP contribution in [0.5, 0.6) is 0 Å². The Labute approximate surface area is 769 Å². The van der Waals surface area contributed by atoms with E-state index in [1.54, 1.807) is 23.9 Å². The van der Waals surface area contributed by atoms with Gasteiger partial charge in [-0.2, -0.15) is 11.8 Å². The Morgan fingerprint density at radius 1 is 0.232 bits per heavy atom. The van der Waals surface area contributed by atoms with Gasteiger partial charge >= 0.3 is 59.7 Å². The van der Waals surface area contributed by atoms with Crippen LogP contribution < -0.4 is 0 Å². The molecule has 0 fully saturated rings. The number of carbonyl (C=O) groups excluding carboxylic acids is 11. The van der Waals surface area contributed by atoms with Gasteiger partial charge in [0.15, 0.2) is 0 Å². The van der Waals surface area contributed by atoms with E-state index in [0.717, 1.165) is 167 Å². The van der Waals surface area contributed by atoms with Gasteiger partial charge in [0.25, 0.3) is 0 Å². The Kier molecular flexibility index (Phi) is 89.4. The van der Waals surface area contributed by atoms with Gasteiger partial charge in [0.05, 0.1) is 150 Å². The highest BCUT2D eigenvalue weighted by molar-refractivity contribution is 8.01. The Hall–Kier alpha value is -6.13. The maximum atomic E-state index is 13.8. The van der Waals surface area contributed by atoms with Crippen molar-refractivity contribution < 1.29 is 110 Å². The molecule has 125 heavy (non-hydrogen) atoms. The molecule has 0 saturated carbocycles. The number of hydrogen-bond donors (Lipinski definition) is 0. The summed E-state index contributed by atoms with van der Waals surface area (Å²) < 4.78 is 65.3. The number of allylic oxidation sites excluding steroid dienone is 10. The lowest BCUT2D eigenvalue weighted by molar-refractivity contribution is -0.150. The van der Waals surface area contributed by atoms with E-state index in [0.29, 0.717) is 145 Å². The number of ether oxygens (including phenoxy) is 12. The number of thioether (sulfide) groups is 4. The molecule has 3 atom stereocenters. The minimum Gasteiger partial charge on any atom is -0.469 e. The molecule has 0 aromatic heterocycles. The molecule has 27 heteroatoms. The van der Waals surface area contributed by atoms with Crippen LogP contribution in [0.25, 0.3) is 0 Å². The summed E-state index contributed by atoms with van der Waals surface area (Å²) in [5, 5.41) is -2.16. The van der Waals surface area contributed by atoms with E-state index < -0.39 is 45.6 Å². The van der Waals surface area contributed by atoms with Gasteiger partial charge in [-0.05, 0) is 161 Å². The fourth-order valence-corrected chi connectivity index (χ4v) is 16.0. The predicted molar refractivity (Wildman–Crippen MR) is 507 cm³/mol. The molecule has 0 aliphatic rings. The van der Waals surface area contributed by atoms with E-state index in [4.69, 9.17) is 52.1 Å². The number of esters is 10. The van der Waals surface area contributed by atoms with E-state index in [9.17, 15) is 52.7 Å². The number of carbonyl (C=O) groups is 11. The molecule has 23 nitrogen and oxygen atoms in total. The third-order valence-electron chi connectivity index (χ3n) is 19.6. The molecule has 0 aliphatic carbocycles. The van der Waals surface area contributed by atoms with E-state index >= 15 is 0 Å². The second kappa shape index (κ2) is 94.0. The molecular formula is C98H162O23S4. The van der Waals surface area contributed by atoms with Crippen LogP contribution in [0.2, 0.25) is 0 Å². The summed E-state index contributed by atoms with van der Waals surface area (Å²) in [6.07, 6.45) is 59.8. The number of methoxy groups -OCH3 is 1. The summed E-state index contributed by atoms with van der Waals surface area (Å²) >= 11 is 5.51. The van der Waals surface area contributed by atoms with Gasteiger partial charge in [0.2, 0.25) is 0 Å². The largest absolute Gasteiger partial charge is 0.469 e. The summed E-state index contributed by atoms with van der Waals surface area (Å²) in [6.45, 7) is 18.9. The van der Waals surface area contributed by atoms with Crippen molar-refractivity contribution in [1.29, 1.82) is 0 Å². The molecule has 0 radical (unpaired) electrons. The monoisotopic (exact) mass is 1840 g/mol. The molecule has 0 bridgehead atoms. The summed E-state index contributed by atoms with van der Waals surface area (Å²) in [5.41, 5.74) is 0. The van der Waals surface area contributed by atoms with Crippen molar-refractivity contribution >= 4 is 113 Å². The van der Waals surface area contributed by atoms with Crippen LogP contribution >= 0.6 is 47.0 Å². The molecule has 0 spiro atoms. The average Bonchev–Trinajstić information content (AvgIpc) is 0.928. The van der Waals surface area contributed by atoms with Crippen LogP contribution in [0.15, 0.2) is 87.1 Å². The van der Waals surface area contributed by atoms with Gasteiger partial charge in [0.1, 0.15) is 16.3 Å². The lowest BCUT2D eigenvalue weighted by Crippen LogP contribution is -2.26. The summed E-state index contributed by atoms with van der Waals surface area (Å²) in [7, 11) is 1.36. The van der Waals surface area contributed by atoms with Crippen LogP contribution in [-0.2, 0) is 110 Å².